The number of aliphatic carboxylic acids is 1. The van der Waals surface area contributed by atoms with Crippen molar-refractivity contribution in [1.29, 1.82) is 0 Å². The van der Waals surface area contributed by atoms with E-state index in [1.54, 1.807) is 13.8 Å². The second kappa shape index (κ2) is 6.95. The van der Waals surface area contributed by atoms with Crippen molar-refractivity contribution in [1.82, 2.24) is 5.32 Å². The molecule has 1 rings (SSSR count). The summed E-state index contributed by atoms with van der Waals surface area (Å²) in [6.45, 7) is 3.07. The second-order valence-electron chi connectivity index (χ2n) is 4.61. The molecule has 0 saturated carbocycles. The van der Waals surface area contributed by atoms with Crippen LogP contribution in [0, 0.1) is 17.6 Å². The van der Waals surface area contributed by atoms with Crippen LogP contribution in [0.4, 0.5) is 14.5 Å². The highest BCUT2D eigenvalue weighted by Gasteiger charge is 2.21. The van der Waals surface area contributed by atoms with Gasteiger partial charge in [0.1, 0.15) is 17.7 Å². The normalized spacial score (nSPS) is 12.2. The van der Waals surface area contributed by atoms with Gasteiger partial charge in [-0.2, -0.15) is 0 Å². The van der Waals surface area contributed by atoms with Gasteiger partial charge in [0.2, 0.25) is 5.91 Å². The first kappa shape index (κ1) is 16.0. The molecule has 3 N–H and O–H groups in total. The Hall–Kier alpha value is -2.02. The van der Waals surface area contributed by atoms with Crippen LogP contribution in [0.2, 0.25) is 0 Å². The molecule has 0 aromatic heterocycles. The zero-order chi connectivity index (χ0) is 15.3. The molecule has 0 bridgehead atoms. The average Bonchev–Trinajstić information content (AvgIpc) is 2.33. The van der Waals surface area contributed by atoms with Crippen molar-refractivity contribution < 1.29 is 23.5 Å². The number of hydrogen-bond donors (Lipinski definition) is 3. The van der Waals surface area contributed by atoms with Crippen molar-refractivity contribution in [2.24, 2.45) is 5.92 Å². The average molecular weight is 286 g/mol. The topological polar surface area (TPSA) is 78.4 Å². The summed E-state index contributed by atoms with van der Waals surface area (Å²) in [6, 6.07) is 1.79. The number of carboxylic acids is 1. The molecule has 0 heterocycles. The number of benzene rings is 1. The number of carbonyl (C=O) groups is 2. The van der Waals surface area contributed by atoms with Crippen LogP contribution in [0.3, 0.4) is 0 Å². The molecule has 0 aliphatic rings. The van der Waals surface area contributed by atoms with Gasteiger partial charge in [-0.25, -0.2) is 8.78 Å². The van der Waals surface area contributed by atoms with Gasteiger partial charge in [-0.3, -0.25) is 14.9 Å². The first-order chi connectivity index (χ1) is 9.31. The predicted molar refractivity (Wildman–Crippen MR) is 69.3 cm³/mol. The zero-order valence-electron chi connectivity index (χ0n) is 11.1. The molecule has 0 saturated heterocycles. The van der Waals surface area contributed by atoms with Crippen LogP contribution in [-0.2, 0) is 9.59 Å². The molecule has 0 radical (unpaired) electrons. The summed E-state index contributed by atoms with van der Waals surface area (Å²) in [7, 11) is 0. The molecule has 1 aromatic rings. The Morgan fingerprint density at radius 3 is 2.50 bits per heavy atom. The molecule has 0 aliphatic carbocycles. The van der Waals surface area contributed by atoms with E-state index in [0.717, 1.165) is 18.2 Å². The van der Waals surface area contributed by atoms with Gasteiger partial charge in [0.15, 0.2) is 0 Å². The lowest BCUT2D eigenvalue weighted by atomic mass is 10.1. The summed E-state index contributed by atoms with van der Waals surface area (Å²) >= 11 is 0. The van der Waals surface area contributed by atoms with Crippen LogP contribution < -0.4 is 10.6 Å². The van der Waals surface area contributed by atoms with Crippen LogP contribution in [-0.4, -0.2) is 29.6 Å². The third-order valence-electron chi connectivity index (χ3n) is 2.62. The van der Waals surface area contributed by atoms with E-state index in [-0.39, 0.29) is 18.2 Å². The molecule has 7 heteroatoms. The number of carbonyl (C=O) groups excluding carboxylic acids is 1. The molecular weight excluding hydrogens is 270 g/mol. The Morgan fingerprint density at radius 2 is 1.95 bits per heavy atom. The Labute approximate surface area is 115 Å². The van der Waals surface area contributed by atoms with Crippen molar-refractivity contribution >= 4 is 17.6 Å². The number of carboxylic acid groups (broad SMARTS) is 1. The molecule has 0 spiro atoms. The number of halogens is 2. The van der Waals surface area contributed by atoms with Crippen molar-refractivity contribution in [3.63, 3.8) is 0 Å². The van der Waals surface area contributed by atoms with E-state index in [4.69, 9.17) is 5.11 Å². The van der Waals surface area contributed by atoms with Gasteiger partial charge in [-0.15, -0.1) is 0 Å². The van der Waals surface area contributed by atoms with E-state index in [0.29, 0.717) is 0 Å². The predicted octanol–water partition coefficient (Wildman–Crippen LogP) is 1.60. The standard InChI is InChI=1S/C13H16F2N2O3/c1-7(2)12(13(19)20)16-6-11(18)17-10-5-8(14)3-4-9(10)15/h3-5,7,12,16H,6H2,1-2H3,(H,17,18)(H,19,20). The fourth-order valence-electron chi connectivity index (χ4n) is 1.60. The van der Waals surface area contributed by atoms with E-state index in [2.05, 4.69) is 10.6 Å². The van der Waals surface area contributed by atoms with Crippen molar-refractivity contribution in [2.75, 3.05) is 11.9 Å². The largest absolute Gasteiger partial charge is 0.480 e. The molecule has 1 amide bonds. The fourth-order valence-corrected chi connectivity index (χ4v) is 1.60. The number of hydrogen-bond acceptors (Lipinski definition) is 3. The maximum Gasteiger partial charge on any atom is 0.320 e. The number of rotatable bonds is 6. The molecule has 5 nitrogen and oxygen atoms in total. The van der Waals surface area contributed by atoms with Crippen LogP contribution in [0.5, 0.6) is 0 Å². The van der Waals surface area contributed by atoms with Gasteiger partial charge in [0.05, 0.1) is 12.2 Å². The van der Waals surface area contributed by atoms with Gasteiger partial charge in [-0.05, 0) is 18.1 Å². The summed E-state index contributed by atoms with van der Waals surface area (Å²) in [5, 5.41) is 13.6. The minimum absolute atomic E-state index is 0.216. The quantitative estimate of drug-likeness (QED) is 0.742. The van der Waals surface area contributed by atoms with Crippen molar-refractivity contribution in [3.05, 3.63) is 29.8 Å². The number of anilines is 1. The van der Waals surface area contributed by atoms with E-state index >= 15 is 0 Å². The Balaban J connectivity index is 2.60. The van der Waals surface area contributed by atoms with Crippen LogP contribution in [0.15, 0.2) is 18.2 Å². The molecule has 110 valence electrons. The van der Waals surface area contributed by atoms with Crippen LogP contribution >= 0.6 is 0 Å². The van der Waals surface area contributed by atoms with E-state index in [9.17, 15) is 18.4 Å². The minimum atomic E-state index is -1.08. The monoisotopic (exact) mass is 286 g/mol. The first-order valence-electron chi connectivity index (χ1n) is 6.02. The lowest BCUT2D eigenvalue weighted by Crippen LogP contribution is -2.44. The second-order valence-corrected chi connectivity index (χ2v) is 4.61. The maximum atomic E-state index is 13.3. The Bertz CT molecular complexity index is 506. The Morgan fingerprint density at radius 1 is 1.30 bits per heavy atom. The van der Waals surface area contributed by atoms with E-state index in [1.165, 1.54) is 0 Å². The smallest absolute Gasteiger partial charge is 0.320 e. The van der Waals surface area contributed by atoms with Crippen molar-refractivity contribution in [2.45, 2.75) is 19.9 Å². The third-order valence-corrected chi connectivity index (χ3v) is 2.62. The highest BCUT2D eigenvalue weighted by atomic mass is 19.1. The molecular formula is C13H16F2N2O3. The van der Waals surface area contributed by atoms with Gasteiger partial charge < -0.3 is 10.4 Å². The lowest BCUT2D eigenvalue weighted by Gasteiger charge is -2.17. The van der Waals surface area contributed by atoms with Crippen molar-refractivity contribution in [3.8, 4) is 0 Å². The van der Waals surface area contributed by atoms with Gasteiger partial charge in [-0.1, -0.05) is 13.8 Å². The maximum absolute atomic E-state index is 13.3. The molecule has 1 unspecified atom stereocenters. The summed E-state index contributed by atoms with van der Waals surface area (Å²) in [5.41, 5.74) is -0.284. The third kappa shape index (κ3) is 4.58. The summed E-state index contributed by atoms with van der Waals surface area (Å²) in [5.74, 6) is -3.39. The van der Waals surface area contributed by atoms with Crippen LogP contribution in [0.1, 0.15) is 13.8 Å². The zero-order valence-corrected chi connectivity index (χ0v) is 11.1. The number of nitrogens with one attached hydrogen (secondary N) is 2. The number of amides is 1. The van der Waals surface area contributed by atoms with Gasteiger partial charge in [0, 0.05) is 6.07 Å². The first-order valence-corrected chi connectivity index (χ1v) is 6.02. The molecule has 1 aromatic carbocycles. The highest BCUT2D eigenvalue weighted by molar-refractivity contribution is 5.92. The SMILES string of the molecule is CC(C)C(NCC(=O)Nc1cc(F)ccc1F)C(=O)O. The summed E-state index contributed by atoms with van der Waals surface area (Å²) < 4.78 is 26.2. The fraction of sp³-hybridized carbons (Fsp3) is 0.385. The Kier molecular flexibility index (Phi) is 5.57. The molecule has 1 atom stereocenters. The summed E-state index contributed by atoms with van der Waals surface area (Å²) in [6.07, 6.45) is 0. The molecule has 0 fully saturated rings. The van der Waals surface area contributed by atoms with Gasteiger partial charge >= 0.3 is 5.97 Å². The van der Waals surface area contributed by atoms with Crippen LogP contribution in [0.25, 0.3) is 0 Å². The minimum Gasteiger partial charge on any atom is -0.480 e. The molecule has 0 aliphatic heterocycles. The summed E-state index contributed by atoms with van der Waals surface area (Å²) in [4.78, 5) is 22.5. The van der Waals surface area contributed by atoms with E-state index in [1.807, 2.05) is 0 Å². The molecule has 20 heavy (non-hydrogen) atoms. The van der Waals surface area contributed by atoms with E-state index < -0.39 is 29.6 Å². The highest BCUT2D eigenvalue weighted by Crippen LogP contribution is 2.14. The van der Waals surface area contributed by atoms with Gasteiger partial charge in [0.25, 0.3) is 0 Å². The lowest BCUT2D eigenvalue weighted by molar-refractivity contribution is -0.140.